The number of nitrogens with zero attached hydrogens (tertiary/aromatic N) is 1. The monoisotopic (exact) mass is 505 g/mol. The number of hydrogen-bond donors (Lipinski definition) is 0. The Morgan fingerprint density at radius 3 is 1.63 bits per heavy atom. The molecule has 1 heterocycles. The van der Waals surface area contributed by atoms with Crippen molar-refractivity contribution in [2.75, 3.05) is 0 Å². The van der Waals surface area contributed by atoms with Crippen molar-refractivity contribution in [3.63, 3.8) is 0 Å². The van der Waals surface area contributed by atoms with Gasteiger partial charge in [0.2, 0.25) is 11.8 Å². The third kappa shape index (κ3) is 2.79. The van der Waals surface area contributed by atoms with Crippen LogP contribution in [0.2, 0.25) is 0 Å². The average Bonchev–Trinajstić information content (AvgIpc) is 3.17. The predicted molar refractivity (Wildman–Crippen MR) is 131 cm³/mol. The fraction of sp³-hybridized carbons (Fsp3) is 0.250. The first-order valence-corrected chi connectivity index (χ1v) is 12.2. The van der Waals surface area contributed by atoms with Crippen molar-refractivity contribution in [3.8, 4) is 0 Å². The van der Waals surface area contributed by atoms with Crippen LogP contribution in [0.5, 0.6) is 0 Å². The summed E-state index contributed by atoms with van der Waals surface area (Å²) >= 11 is 14.8. The summed E-state index contributed by atoms with van der Waals surface area (Å²) in [5.74, 6) is -3.56. The summed E-state index contributed by atoms with van der Waals surface area (Å²) in [5, 5.41) is 0. The molecule has 176 valence electrons. The first-order chi connectivity index (χ1) is 16.8. The maximum atomic E-state index is 13.9. The Labute approximate surface area is 212 Å². The van der Waals surface area contributed by atoms with E-state index < -0.39 is 45.4 Å². The number of amides is 2. The third-order valence-electron chi connectivity index (χ3n) is 7.57. The smallest absolute Gasteiger partial charge is 0.329 e. The predicted octanol–water partition coefficient (Wildman–Crippen LogP) is 4.71. The van der Waals surface area contributed by atoms with Gasteiger partial charge >= 0.3 is 5.97 Å². The molecule has 0 radical (unpaired) electrons. The van der Waals surface area contributed by atoms with E-state index in [0.29, 0.717) is 0 Å². The largest absolute Gasteiger partial charge is 0.459 e. The van der Waals surface area contributed by atoms with Crippen LogP contribution in [-0.4, -0.2) is 28.7 Å². The van der Waals surface area contributed by atoms with Gasteiger partial charge in [-0.05, 0) is 34.7 Å². The highest BCUT2D eigenvalue weighted by Gasteiger charge is 2.73. The summed E-state index contributed by atoms with van der Waals surface area (Å²) in [6, 6.07) is 23.0. The molecule has 0 aromatic heterocycles. The summed E-state index contributed by atoms with van der Waals surface area (Å²) in [4.78, 5) is 39.2. The van der Waals surface area contributed by atoms with Crippen LogP contribution in [0.15, 0.2) is 78.9 Å². The fourth-order valence-electron chi connectivity index (χ4n) is 6.03. The molecule has 4 aliphatic rings. The molecule has 0 spiro atoms. The Morgan fingerprint density at radius 2 is 1.20 bits per heavy atom. The molecule has 5 nitrogen and oxygen atoms in total. The van der Waals surface area contributed by atoms with E-state index >= 15 is 0 Å². The standard InChI is InChI=1S/C28H21Cl2NO4/c1-16(26(34)35-15-17-9-3-2-4-10-17)31-24(32)22-23(25(31)33)28(30)19-12-6-5-11-18(19)27(22,29)20-13-7-8-14-21(20)28/h2-14,16,22-23H,15H2,1H3/t16-,22-,23+,27?,28?/m0/s1. The normalized spacial score (nSPS) is 28.8. The van der Waals surface area contributed by atoms with Crippen molar-refractivity contribution in [2.24, 2.45) is 11.8 Å². The van der Waals surface area contributed by atoms with Crippen LogP contribution in [-0.2, 0) is 35.5 Å². The molecule has 3 aliphatic carbocycles. The Bertz CT molecular complexity index is 1270. The number of alkyl halides is 2. The van der Waals surface area contributed by atoms with Crippen LogP contribution in [0.1, 0.15) is 34.7 Å². The number of carbonyl (C=O) groups is 3. The number of esters is 1. The van der Waals surface area contributed by atoms with Crippen molar-refractivity contribution in [1.29, 1.82) is 0 Å². The zero-order valence-corrected chi connectivity index (χ0v) is 20.3. The molecule has 1 fully saturated rings. The minimum Gasteiger partial charge on any atom is -0.459 e. The van der Waals surface area contributed by atoms with Gasteiger partial charge < -0.3 is 4.74 Å². The maximum Gasteiger partial charge on any atom is 0.329 e. The average molecular weight is 506 g/mol. The lowest BCUT2D eigenvalue weighted by Crippen LogP contribution is -2.57. The molecule has 0 N–H and O–H groups in total. The minimum absolute atomic E-state index is 0.0445. The maximum absolute atomic E-state index is 13.9. The molecule has 1 saturated heterocycles. The van der Waals surface area contributed by atoms with Crippen molar-refractivity contribution in [1.82, 2.24) is 4.90 Å². The first-order valence-electron chi connectivity index (χ1n) is 11.5. The zero-order valence-electron chi connectivity index (χ0n) is 18.8. The number of hydrogen-bond acceptors (Lipinski definition) is 4. The molecule has 3 aromatic carbocycles. The highest BCUT2D eigenvalue weighted by Crippen LogP contribution is 2.69. The van der Waals surface area contributed by atoms with Gasteiger partial charge in [0.05, 0.1) is 11.8 Å². The van der Waals surface area contributed by atoms with E-state index in [-0.39, 0.29) is 6.61 Å². The molecule has 2 amide bonds. The van der Waals surface area contributed by atoms with Gasteiger partial charge in [0, 0.05) is 0 Å². The molecule has 3 aromatic rings. The lowest BCUT2D eigenvalue weighted by atomic mass is 9.54. The van der Waals surface area contributed by atoms with Gasteiger partial charge in [-0.25, -0.2) is 4.79 Å². The number of imide groups is 1. The number of ether oxygens (including phenoxy) is 1. The highest BCUT2D eigenvalue weighted by molar-refractivity contribution is 6.36. The Hall–Kier alpha value is -3.15. The molecule has 7 rings (SSSR count). The van der Waals surface area contributed by atoms with E-state index in [4.69, 9.17) is 27.9 Å². The third-order valence-corrected chi connectivity index (χ3v) is 8.86. The summed E-state index contributed by atoms with van der Waals surface area (Å²) in [7, 11) is 0. The molecule has 1 aliphatic heterocycles. The first kappa shape index (κ1) is 22.3. The van der Waals surface area contributed by atoms with Gasteiger partial charge in [-0.2, -0.15) is 0 Å². The SMILES string of the molecule is C[C@@H](C(=O)OCc1ccccc1)N1C(=O)[C@@H]2[C@H](C1=O)C1(Cl)c3ccccc3C2(Cl)c2ccccc21. The van der Waals surface area contributed by atoms with Crippen LogP contribution >= 0.6 is 23.2 Å². The molecular weight excluding hydrogens is 485 g/mol. The number of likely N-dealkylation sites (tertiary alicyclic amines) is 1. The van der Waals surface area contributed by atoms with Gasteiger partial charge in [0.25, 0.3) is 0 Å². The summed E-state index contributed by atoms with van der Waals surface area (Å²) in [6.45, 7) is 1.55. The molecule has 35 heavy (non-hydrogen) atoms. The quantitative estimate of drug-likeness (QED) is 0.292. The molecule has 0 unspecified atom stereocenters. The van der Waals surface area contributed by atoms with E-state index in [2.05, 4.69) is 0 Å². The number of carbonyl (C=O) groups excluding carboxylic acids is 3. The van der Waals surface area contributed by atoms with Gasteiger partial charge in [-0.15, -0.1) is 23.2 Å². The molecule has 7 heteroatoms. The van der Waals surface area contributed by atoms with Crippen LogP contribution in [0.25, 0.3) is 0 Å². The summed E-state index contributed by atoms with van der Waals surface area (Å²) in [6.07, 6.45) is 0. The van der Waals surface area contributed by atoms with E-state index in [1.165, 1.54) is 6.92 Å². The second kappa shape index (κ2) is 7.67. The van der Waals surface area contributed by atoms with Crippen LogP contribution in [0.4, 0.5) is 0 Å². The molecule has 2 bridgehead atoms. The van der Waals surface area contributed by atoms with Crippen LogP contribution in [0, 0.1) is 11.8 Å². The topological polar surface area (TPSA) is 63.7 Å². The Morgan fingerprint density at radius 1 is 0.800 bits per heavy atom. The van der Waals surface area contributed by atoms with E-state index in [1.807, 2.05) is 78.9 Å². The number of benzene rings is 3. The Balaban J connectivity index is 1.41. The number of halogens is 2. The van der Waals surface area contributed by atoms with Gasteiger partial charge in [-0.1, -0.05) is 78.9 Å². The van der Waals surface area contributed by atoms with Crippen LogP contribution < -0.4 is 0 Å². The summed E-state index contributed by atoms with van der Waals surface area (Å²) < 4.78 is 5.44. The zero-order chi connectivity index (χ0) is 24.5. The lowest BCUT2D eigenvalue weighted by Gasteiger charge is -2.54. The van der Waals surface area contributed by atoms with Gasteiger partial charge in [0.1, 0.15) is 22.4 Å². The van der Waals surface area contributed by atoms with Crippen LogP contribution in [0.3, 0.4) is 0 Å². The summed E-state index contributed by atoms with van der Waals surface area (Å²) in [5.41, 5.74) is 3.69. The highest BCUT2D eigenvalue weighted by atomic mass is 35.5. The molecular formula is C28H21Cl2NO4. The van der Waals surface area contributed by atoms with E-state index in [9.17, 15) is 14.4 Å². The van der Waals surface area contributed by atoms with E-state index in [0.717, 1.165) is 32.7 Å². The van der Waals surface area contributed by atoms with Crippen molar-refractivity contribution < 1.29 is 19.1 Å². The fourth-order valence-corrected chi connectivity index (χ4v) is 7.12. The second-order valence-corrected chi connectivity index (χ2v) is 10.5. The molecule has 3 atom stereocenters. The Kier molecular flexibility index (Phi) is 4.89. The van der Waals surface area contributed by atoms with E-state index in [1.54, 1.807) is 0 Å². The van der Waals surface area contributed by atoms with Crippen molar-refractivity contribution >= 4 is 41.0 Å². The molecule has 0 saturated carbocycles. The van der Waals surface area contributed by atoms with Crippen molar-refractivity contribution in [3.05, 3.63) is 107 Å². The lowest BCUT2D eigenvalue weighted by molar-refractivity contribution is -0.159. The van der Waals surface area contributed by atoms with Gasteiger partial charge in [0.15, 0.2) is 0 Å². The van der Waals surface area contributed by atoms with Crippen molar-refractivity contribution in [2.45, 2.75) is 29.3 Å². The second-order valence-electron chi connectivity index (χ2n) is 9.29. The minimum atomic E-state index is -1.27. The van der Waals surface area contributed by atoms with Gasteiger partial charge in [-0.3, -0.25) is 14.5 Å². The number of rotatable bonds is 4.